The van der Waals surface area contributed by atoms with Crippen LogP contribution in [-0.4, -0.2) is 36.7 Å². The molecule has 2 rings (SSSR count). The lowest BCUT2D eigenvalue weighted by atomic mass is 10.4. The minimum absolute atomic E-state index is 0.610. The van der Waals surface area contributed by atoms with Crippen molar-refractivity contribution >= 4 is 0 Å². The summed E-state index contributed by atoms with van der Waals surface area (Å²) in [5.74, 6) is 0. The fourth-order valence-electron chi connectivity index (χ4n) is 1.60. The molecule has 2 atom stereocenters. The lowest BCUT2D eigenvalue weighted by Gasteiger charge is -2.24. The van der Waals surface area contributed by atoms with Gasteiger partial charge in [-0.1, -0.05) is 20.8 Å². The minimum atomic E-state index is 0.610. The van der Waals surface area contributed by atoms with Crippen molar-refractivity contribution in [2.75, 3.05) is 19.7 Å². The van der Waals surface area contributed by atoms with Crippen LogP contribution in [0, 0.1) is 0 Å². The van der Waals surface area contributed by atoms with E-state index in [-0.39, 0.29) is 0 Å². The Morgan fingerprint density at radius 1 is 1.45 bits per heavy atom. The van der Waals surface area contributed by atoms with Gasteiger partial charge in [0, 0.05) is 12.6 Å². The molecule has 0 radical (unpaired) electrons. The summed E-state index contributed by atoms with van der Waals surface area (Å²) in [6.45, 7) is 9.53. The molecule has 0 spiro atoms. The molecule has 2 fully saturated rings. The molecule has 1 saturated carbocycles. The van der Waals surface area contributed by atoms with Crippen LogP contribution in [-0.2, 0) is 4.74 Å². The summed E-state index contributed by atoms with van der Waals surface area (Å²) < 4.78 is 5.44. The largest absolute Gasteiger partial charge is 0.375 e. The molecule has 0 bridgehead atoms. The first-order valence-corrected chi connectivity index (χ1v) is 4.77. The number of likely N-dealkylation sites (N-methyl/N-ethyl adjacent to an activating group) is 1. The summed E-state index contributed by atoms with van der Waals surface area (Å²) in [6, 6.07) is 0.795. The van der Waals surface area contributed by atoms with Crippen LogP contribution in [0.3, 0.4) is 0 Å². The van der Waals surface area contributed by atoms with Gasteiger partial charge < -0.3 is 4.74 Å². The predicted octanol–water partition coefficient (Wildman–Crippen LogP) is 1.51. The third kappa shape index (κ3) is 1.94. The second kappa shape index (κ2) is 4.07. The van der Waals surface area contributed by atoms with Gasteiger partial charge in [-0.2, -0.15) is 0 Å². The van der Waals surface area contributed by atoms with E-state index >= 15 is 0 Å². The minimum Gasteiger partial charge on any atom is -0.375 e. The van der Waals surface area contributed by atoms with Gasteiger partial charge in [-0.05, 0) is 13.0 Å². The maximum Gasteiger partial charge on any atom is 0.0747 e. The standard InChI is InChI=1S/C7H13NO.C2H6/c1-2-8-3-4-9-7-5-6(7)8;1-2/h6-7H,2-5H2,1H3;1-2H3. The van der Waals surface area contributed by atoms with E-state index in [1.807, 2.05) is 13.8 Å². The zero-order chi connectivity index (χ0) is 8.27. The average Bonchev–Trinajstić information content (AvgIpc) is 2.85. The Morgan fingerprint density at radius 2 is 2.18 bits per heavy atom. The number of hydrogen-bond donors (Lipinski definition) is 0. The Hall–Kier alpha value is -0.0800. The zero-order valence-corrected chi connectivity index (χ0v) is 7.84. The van der Waals surface area contributed by atoms with Crippen LogP contribution in [0.2, 0.25) is 0 Å². The summed E-state index contributed by atoms with van der Waals surface area (Å²) in [6.07, 6.45) is 1.90. The topological polar surface area (TPSA) is 12.5 Å². The van der Waals surface area contributed by atoms with E-state index < -0.39 is 0 Å². The van der Waals surface area contributed by atoms with E-state index in [0.717, 1.165) is 19.2 Å². The average molecular weight is 157 g/mol. The smallest absolute Gasteiger partial charge is 0.0747 e. The van der Waals surface area contributed by atoms with Crippen molar-refractivity contribution in [1.29, 1.82) is 0 Å². The molecule has 0 aromatic rings. The van der Waals surface area contributed by atoms with Crippen molar-refractivity contribution in [1.82, 2.24) is 4.90 Å². The van der Waals surface area contributed by atoms with Crippen LogP contribution in [0.1, 0.15) is 27.2 Å². The second-order valence-corrected chi connectivity index (χ2v) is 2.84. The van der Waals surface area contributed by atoms with Crippen LogP contribution >= 0.6 is 0 Å². The monoisotopic (exact) mass is 157 g/mol. The molecule has 1 heterocycles. The molecule has 2 unspecified atom stereocenters. The van der Waals surface area contributed by atoms with E-state index in [2.05, 4.69) is 11.8 Å². The van der Waals surface area contributed by atoms with Gasteiger partial charge in [0.05, 0.1) is 12.7 Å². The van der Waals surface area contributed by atoms with Crippen LogP contribution in [0.15, 0.2) is 0 Å². The maximum absolute atomic E-state index is 5.44. The van der Waals surface area contributed by atoms with Crippen molar-refractivity contribution in [3.05, 3.63) is 0 Å². The Labute approximate surface area is 69.5 Å². The molecule has 66 valence electrons. The lowest BCUT2D eigenvalue weighted by molar-refractivity contribution is 0.0335. The highest BCUT2D eigenvalue weighted by Gasteiger charge is 2.44. The number of hydrogen-bond acceptors (Lipinski definition) is 2. The second-order valence-electron chi connectivity index (χ2n) is 2.84. The molecule has 2 heteroatoms. The first-order valence-electron chi connectivity index (χ1n) is 4.77. The highest BCUT2D eigenvalue weighted by molar-refractivity contribution is 4.98. The quantitative estimate of drug-likeness (QED) is 0.572. The molecular formula is C9H19NO. The fourth-order valence-corrected chi connectivity index (χ4v) is 1.60. The third-order valence-corrected chi connectivity index (χ3v) is 2.29. The van der Waals surface area contributed by atoms with Crippen molar-refractivity contribution in [2.24, 2.45) is 0 Å². The molecule has 2 nitrogen and oxygen atoms in total. The van der Waals surface area contributed by atoms with E-state index in [4.69, 9.17) is 4.74 Å². The van der Waals surface area contributed by atoms with E-state index in [9.17, 15) is 0 Å². The third-order valence-electron chi connectivity index (χ3n) is 2.29. The molecule has 1 aliphatic carbocycles. The molecular weight excluding hydrogens is 138 g/mol. The van der Waals surface area contributed by atoms with Crippen LogP contribution in [0.25, 0.3) is 0 Å². The van der Waals surface area contributed by atoms with Gasteiger partial charge in [0.1, 0.15) is 0 Å². The van der Waals surface area contributed by atoms with Gasteiger partial charge in [0.2, 0.25) is 0 Å². The summed E-state index contributed by atoms with van der Waals surface area (Å²) >= 11 is 0. The Bertz CT molecular complexity index is 116. The maximum atomic E-state index is 5.44. The summed E-state index contributed by atoms with van der Waals surface area (Å²) in [5.41, 5.74) is 0. The van der Waals surface area contributed by atoms with Crippen LogP contribution < -0.4 is 0 Å². The van der Waals surface area contributed by atoms with E-state index in [0.29, 0.717) is 6.10 Å². The Balaban J connectivity index is 0.000000281. The molecule has 1 saturated heterocycles. The highest BCUT2D eigenvalue weighted by atomic mass is 16.5. The van der Waals surface area contributed by atoms with Crippen molar-refractivity contribution in [3.63, 3.8) is 0 Å². The molecule has 0 N–H and O–H groups in total. The first-order chi connectivity index (χ1) is 5.42. The molecule has 1 aliphatic heterocycles. The van der Waals surface area contributed by atoms with Gasteiger partial charge in [0.15, 0.2) is 0 Å². The normalized spacial score (nSPS) is 35.2. The van der Waals surface area contributed by atoms with Gasteiger partial charge in [-0.3, -0.25) is 4.90 Å². The van der Waals surface area contributed by atoms with Gasteiger partial charge >= 0.3 is 0 Å². The first kappa shape index (κ1) is 9.01. The van der Waals surface area contributed by atoms with Gasteiger partial charge in [-0.15, -0.1) is 0 Å². The Kier molecular flexibility index (Phi) is 3.34. The lowest BCUT2D eigenvalue weighted by Crippen LogP contribution is -2.36. The van der Waals surface area contributed by atoms with Crippen molar-refractivity contribution in [3.8, 4) is 0 Å². The van der Waals surface area contributed by atoms with Crippen molar-refractivity contribution in [2.45, 2.75) is 39.3 Å². The number of rotatable bonds is 1. The van der Waals surface area contributed by atoms with E-state index in [1.54, 1.807) is 0 Å². The SMILES string of the molecule is CC.CCN1CCOC2CC21. The highest BCUT2D eigenvalue weighted by Crippen LogP contribution is 2.33. The Morgan fingerprint density at radius 3 is 2.73 bits per heavy atom. The van der Waals surface area contributed by atoms with Crippen LogP contribution in [0.5, 0.6) is 0 Å². The van der Waals surface area contributed by atoms with Crippen LogP contribution in [0.4, 0.5) is 0 Å². The predicted molar refractivity (Wildman–Crippen MR) is 46.7 cm³/mol. The zero-order valence-electron chi connectivity index (χ0n) is 7.84. The van der Waals surface area contributed by atoms with Crippen molar-refractivity contribution < 1.29 is 4.74 Å². The number of fused-ring (bicyclic) bond motifs is 1. The van der Waals surface area contributed by atoms with Gasteiger partial charge in [0.25, 0.3) is 0 Å². The fraction of sp³-hybridized carbons (Fsp3) is 1.00. The molecule has 11 heavy (non-hydrogen) atoms. The molecule has 0 aromatic heterocycles. The number of nitrogens with zero attached hydrogens (tertiary/aromatic N) is 1. The van der Waals surface area contributed by atoms with Gasteiger partial charge in [-0.25, -0.2) is 0 Å². The molecule has 0 amide bonds. The number of ether oxygens (including phenoxy) is 1. The summed E-state index contributed by atoms with van der Waals surface area (Å²) in [4.78, 5) is 2.51. The molecule has 2 aliphatic rings. The summed E-state index contributed by atoms with van der Waals surface area (Å²) in [5, 5.41) is 0. The molecule has 0 aromatic carbocycles. The summed E-state index contributed by atoms with van der Waals surface area (Å²) in [7, 11) is 0. The number of morpholine rings is 1. The van der Waals surface area contributed by atoms with E-state index in [1.165, 1.54) is 13.0 Å².